The molecule has 2 N–H and O–H groups in total. The summed E-state index contributed by atoms with van der Waals surface area (Å²) in [7, 11) is 0. The molecule has 1 aromatic heterocycles. The third kappa shape index (κ3) is 4.33. The Labute approximate surface area is 182 Å². The van der Waals surface area contributed by atoms with E-state index >= 15 is 0 Å². The van der Waals surface area contributed by atoms with Crippen molar-refractivity contribution in [1.82, 2.24) is 9.97 Å². The molecule has 2 amide bonds. The van der Waals surface area contributed by atoms with E-state index in [1.54, 1.807) is 0 Å². The number of ketones is 1. The van der Waals surface area contributed by atoms with Gasteiger partial charge in [-0.2, -0.15) is 0 Å². The van der Waals surface area contributed by atoms with Crippen LogP contribution in [-0.2, 0) is 0 Å². The average Bonchev–Trinajstić information content (AvgIpc) is 2.79. The third-order valence-electron chi connectivity index (χ3n) is 4.58. The fraction of sp³-hybridized carbons (Fsp3) is 0. The number of benzene rings is 3. The summed E-state index contributed by atoms with van der Waals surface area (Å²) in [6.45, 7) is 0. The SMILES string of the molecule is O=C(Nc1ccc(F)c(F)c1)Nc1cc(F)c(F)c(C(=O)c2ccc3ncncc3c2)c1F. The van der Waals surface area contributed by atoms with Gasteiger partial charge in [0.05, 0.1) is 16.8 Å². The van der Waals surface area contributed by atoms with Crippen LogP contribution in [0.4, 0.5) is 38.1 Å². The molecule has 0 saturated heterocycles. The number of rotatable bonds is 4. The number of fused-ring (bicyclic) bond motifs is 1. The van der Waals surface area contributed by atoms with Gasteiger partial charge in [0.1, 0.15) is 6.33 Å². The molecule has 0 spiro atoms. The zero-order valence-electron chi connectivity index (χ0n) is 16.3. The Bertz CT molecular complexity index is 1430. The molecule has 0 aliphatic carbocycles. The minimum Gasteiger partial charge on any atom is -0.308 e. The fourth-order valence-corrected chi connectivity index (χ4v) is 3.02. The molecule has 166 valence electrons. The van der Waals surface area contributed by atoms with Gasteiger partial charge in [0, 0.05) is 35.0 Å². The van der Waals surface area contributed by atoms with Crippen molar-refractivity contribution in [3.8, 4) is 0 Å². The first-order valence-corrected chi connectivity index (χ1v) is 9.19. The molecule has 11 heteroatoms. The predicted octanol–water partition coefficient (Wildman–Crippen LogP) is 5.20. The lowest BCUT2D eigenvalue weighted by atomic mass is 10.00. The Morgan fingerprint density at radius 3 is 2.33 bits per heavy atom. The van der Waals surface area contributed by atoms with Gasteiger partial charge >= 0.3 is 6.03 Å². The van der Waals surface area contributed by atoms with Crippen molar-refractivity contribution in [3.05, 3.63) is 95.2 Å². The zero-order chi connectivity index (χ0) is 23.7. The van der Waals surface area contributed by atoms with E-state index in [4.69, 9.17) is 0 Å². The van der Waals surface area contributed by atoms with E-state index in [-0.39, 0.29) is 11.3 Å². The number of hydrogen-bond acceptors (Lipinski definition) is 4. The maximum Gasteiger partial charge on any atom is 0.323 e. The third-order valence-corrected chi connectivity index (χ3v) is 4.58. The van der Waals surface area contributed by atoms with E-state index in [1.165, 1.54) is 30.7 Å². The van der Waals surface area contributed by atoms with Crippen molar-refractivity contribution < 1.29 is 31.5 Å². The van der Waals surface area contributed by atoms with Gasteiger partial charge in [0.15, 0.2) is 34.9 Å². The standard InChI is InChI=1S/C22H11F5N4O2/c23-13-3-2-12(6-14(13)24)30-22(33)31-17-7-15(25)19(26)18(20(17)27)21(32)10-1-4-16-11(5-10)8-28-9-29-16/h1-9H,(H2,30,31,33). The summed E-state index contributed by atoms with van der Waals surface area (Å²) >= 11 is 0. The second-order valence-electron chi connectivity index (χ2n) is 6.74. The zero-order valence-corrected chi connectivity index (χ0v) is 16.3. The molecule has 4 rings (SSSR count). The molecule has 0 atom stereocenters. The molecule has 33 heavy (non-hydrogen) atoms. The van der Waals surface area contributed by atoms with Crippen LogP contribution in [0.25, 0.3) is 10.9 Å². The highest BCUT2D eigenvalue weighted by molar-refractivity contribution is 6.11. The van der Waals surface area contributed by atoms with Crippen molar-refractivity contribution in [2.24, 2.45) is 0 Å². The molecule has 0 aliphatic rings. The Balaban J connectivity index is 1.65. The van der Waals surface area contributed by atoms with Crippen LogP contribution in [0, 0.1) is 29.1 Å². The Kier molecular flexibility index (Phi) is 5.69. The number of aromatic nitrogens is 2. The van der Waals surface area contributed by atoms with Crippen LogP contribution in [-0.4, -0.2) is 21.8 Å². The Hall–Kier alpha value is -4.41. The van der Waals surface area contributed by atoms with Crippen molar-refractivity contribution in [2.75, 3.05) is 10.6 Å². The number of anilines is 2. The molecule has 0 radical (unpaired) electrons. The van der Waals surface area contributed by atoms with E-state index in [0.717, 1.165) is 12.1 Å². The molecule has 4 aromatic rings. The Morgan fingerprint density at radius 2 is 1.58 bits per heavy atom. The molecule has 0 fully saturated rings. The molecular formula is C22H11F5N4O2. The van der Waals surface area contributed by atoms with Gasteiger partial charge in [-0.1, -0.05) is 0 Å². The smallest absolute Gasteiger partial charge is 0.308 e. The first kappa shape index (κ1) is 21.8. The lowest BCUT2D eigenvalue weighted by Gasteiger charge is -2.12. The number of nitrogens with one attached hydrogen (secondary N) is 2. The van der Waals surface area contributed by atoms with Gasteiger partial charge in [-0.05, 0) is 30.3 Å². The van der Waals surface area contributed by atoms with Gasteiger partial charge in [-0.25, -0.2) is 36.7 Å². The van der Waals surface area contributed by atoms with Gasteiger partial charge < -0.3 is 10.6 Å². The number of amides is 2. The summed E-state index contributed by atoms with van der Waals surface area (Å²) in [4.78, 5) is 32.7. The minimum atomic E-state index is -1.74. The van der Waals surface area contributed by atoms with Gasteiger partial charge in [0.2, 0.25) is 0 Å². The molecule has 1 heterocycles. The minimum absolute atomic E-state index is 0.169. The molecule has 0 aliphatic heterocycles. The van der Waals surface area contributed by atoms with Crippen LogP contribution in [0.15, 0.2) is 55.0 Å². The highest BCUT2D eigenvalue weighted by Gasteiger charge is 2.26. The van der Waals surface area contributed by atoms with Gasteiger partial charge in [0.25, 0.3) is 0 Å². The summed E-state index contributed by atoms with van der Waals surface area (Å²) in [5, 5.41) is 4.41. The average molecular weight is 458 g/mol. The monoisotopic (exact) mass is 458 g/mol. The van der Waals surface area contributed by atoms with E-state index in [9.17, 15) is 31.5 Å². The molecular weight excluding hydrogens is 447 g/mol. The van der Waals surface area contributed by atoms with Crippen LogP contribution >= 0.6 is 0 Å². The molecule has 0 unspecified atom stereocenters. The molecule has 3 aromatic carbocycles. The van der Waals surface area contributed by atoms with Crippen LogP contribution in [0.2, 0.25) is 0 Å². The van der Waals surface area contributed by atoms with Crippen molar-refractivity contribution in [1.29, 1.82) is 0 Å². The molecule has 0 bridgehead atoms. The summed E-state index contributed by atoms with van der Waals surface area (Å²) in [6.07, 6.45) is 2.66. The second kappa shape index (κ2) is 8.61. The van der Waals surface area contributed by atoms with Crippen LogP contribution in [0.5, 0.6) is 0 Å². The van der Waals surface area contributed by atoms with E-state index in [2.05, 4.69) is 15.3 Å². The molecule has 0 saturated carbocycles. The second-order valence-corrected chi connectivity index (χ2v) is 6.74. The summed E-state index contributed by atoms with van der Waals surface area (Å²) < 4.78 is 69.8. The largest absolute Gasteiger partial charge is 0.323 e. The van der Waals surface area contributed by atoms with E-state index in [0.29, 0.717) is 23.0 Å². The first-order chi connectivity index (χ1) is 15.7. The number of nitrogens with zero attached hydrogens (tertiary/aromatic N) is 2. The summed E-state index contributed by atoms with van der Waals surface area (Å²) in [5.41, 5.74) is -1.96. The van der Waals surface area contributed by atoms with Crippen LogP contribution in [0.3, 0.4) is 0 Å². The number of carbonyl (C=O) groups excluding carboxylic acids is 2. The first-order valence-electron chi connectivity index (χ1n) is 9.19. The van der Waals surface area contributed by atoms with Gasteiger partial charge in [-0.3, -0.25) is 4.79 Å². The molecule has 6 nitrogen and oxygen atoms in total. The normalized spacial score (nSPS) is 10.8. The van der Waals surface area contributed by atoms with Gasteiger partial charge in [-0.15, -0.1) is 0 Å². The summed E-state index contributed by atoms with van der Waals surface area (Å²) in [5.74, 6) is -8.44. The van der Waals surface area contributed by atoms with Crippen LogP contribution < -0.4 is 10.6 Å². The number of hydrogen-bond donors (Lipinski definition) is 2. The lowest BCUT2D eigenvalue weighted by Crippen LogP contribution is -2.22. The van der Waals surface area contributed by atoms with Crippen molar-refractivity contribution in [2.45, 2.75) is 0 Å². The number of urea groups is 1. The Morgan fingerprint density at radius 1 is 0.788 bits per heavy atom. The van der Waals surface area contributed by atoms with Crippen molar-refractivity contribution in [3.63, 3.8) is 0 Å². The maximum atomic E-state index is 15.0. The highest BCUT2D eigenvalue weighted by atomic mass is 19.2. The quantitative estimate of drug-likeness (QED) is 0.250. The van der Waals surface area contributed by atoms with Crippen molar-refractivity contribution >= 4 is 34.1 Å². The fourth-order valence-electron chi connectivity index (χ4n) is 3.02. The maximum absolute atomic E-state index is 15.0. The van der Waals surface area contributed by atoms with E-state index in [1.807, 2.05) is 5.32 Å². The lowest BCUT2D eigenvalue weighted by molar-refractivity contribution is 0.103. The van der Waals surface area contributed by atoms with Crippen LogP contribution in [0.1, 0.15) is 15.9 Å². The number of carbonyl (C=O) groups is 2. The van der Waals surface area contributed by atoms with E-state index < -0.39 is 52.2 Å². The summed E-state index contributed by atoms with van der Waals surface area (Å²) in [6, 6.07) is 5.57. The number of halogens is 5. The topological polar surface area (TPSA) is 84.0 Å². The highest BCUT2D eigenvalue weighted by Crippen LogP contribution is 2.27. The predicted molar refractivity (Wildman–Crippen MR) is 108 cm³/mol.